The normalized spacial score (nSPS) is 25.2. The molecular formula is C13H23N3. The first kappa shape index (κ1) is 11.6. The Morgan fingerprint density at radius 1 is 1.50 bits per heavy atom. The molecule has 0 aliphatic heterocycles. The van der Waals surface area contributed by atoms with Crippen molar-refractivity contribution in [3.63, 3.8) is 0 Å². The van der Waals surface area contributed by atoms with E-state index in [0.717, 1.165) is 24.9 Å². The summed E-state index contributed by atoms with van der Waals surface area (Å²) in [4.78, 5) is 0. The standard InChI is InChI=1S/C13H23N3/c1-10-4-5-13(8-10)14-7-6-12-9-15-16(3)11(12)2/h9-10,13-14H,4-8H2,1-3H3. The van der Waals surface area contributed by atoms with Gasteiger partial charge in [-0.25, -0.2) is 0 Å². The predicted molar refractivity (Wildman–Crippen MR) is 66.5 cm³/mol. The second-order valence-corrected chi connectivity index (χ2v) is 5.20. The zero-order valence-corrected chi connectivity index (χ0v) is 10.7. The summed E-state index contributed by atoms with van der Waals surface area (Å²) in [5, 5.41) is 7.93. The monoisotopic (exact) mass is 221 g/mol. The molecule has 1 aliphatic rings. The summed E-state index contributed by atoms with van der Waals surface area (Å²) in [5.74, 6) is 0.914. The molecule has 0 amide bonds. The second-order valence-electron chi connectivity index (χ2n) is 5.20. The van der Waals surface area contributed by atoms with E-state index in [1.165, 1.54) is 30.5 Å². The van der Waals surface area contributed by atoms with Gasteiger partial charge in [0.05, 0.1) is 6.20 Å². The molecule has 0 aromatic carbocycles. The highest BCUT2D eigenvalue weighted by Crippen LogP contribution is 2.24. The molecular weight excluding hydrogens is 198 g/mol. The van der Waals surface area contributed by atoms with Crippen LogP contribution >= 0.6 is 0 Å². The molecule has 1 aromatic rings. The molecule has 1 saturated carbocycles. The zero-order valence-electron chi connectivity index (χ0n) is 10.7. The molecule has 1 N–H and O–H groups in total. The summed E-state index contributed by atoms with van der Waals surface area (Å²) in [5.41, 5.74) is 2.67. The van der Waals surface area contributed by atoms with Crippen LogP contribution < -0.4 is 5.32 Å². The van der Waals surface area contributed by atoms with Crippen molar-refractivity contribution in [1.29, 1.82) is 0 Å². The Morgan fingerprint density at radius 3 is 2.88 bits per heavy atom. The lowest BCUT2D eigenvalue weighted by molar-refractivity contribution is 0.505. The van der Waals surface area contributed by atoms with Crippen molar-refractivity contribution in [2.75, 3.05) is 6.54 Å². The van der Waals surface area contributed by atoms with Gasteiger partial charge in [-0.1, -0.05) is 6.92 Å². The second kappa shape index (κ2) is 5.00. The number of rotatable bonds is 4. The van der Waals surface area contributed by atoms with Crippen LogP contribution in [0.3, 0.4) is 0 Å². The topological polar surface area (TPSA) is 29.9 Å². The fraction of sp³-hybridized carbons (Fsp3) is 0.769. The first-order chi connectivity index (χ1) is 7.66. The number of aryl methyl sites for hydroxylation is 1. The van der Waals surface area contributed by atoms with E-state index in [4.69, 9.17) is 0 Å². The first-order valence-corrected chi connectivity index (χ1v) is 6.37. The average molecular weight is 221 g/mol. The van der Waals surface area contributed by atoms with Crippen molar-refractivity contribution >= 4 is 0 Å². The third kappa shape index (κ3) is 2.64. The van der Waals surface area contributed by atoms with Crippen LogP contribution in [-0.2, 0) is 13.5 Å². The molecule has 2 rings (SSSR count). The Hall–Kier alpha value is -0.830. The Labute approximate surface area is 98.2 Å². The van der Waals surface area contributed by atoms with Crippen LogP contribution in [0.25, 0.3) is 0 Å². The van der Waals surface area contributed by atoms with Crippen LogP contribution in [0, 0.1) is 12.8 Å². The summed E-state index contributed by atoms with van der Waals surface area (Å²) >= 11 is 0. The largest absolute Gasteiger partial charge is 0.314 e. The van der Waals surface area contributed by atoms with Gasteiger partial charge >= 0.3 is 0 Å². The van der Waals surface area contributed by atoms with E-state index < -0.39 is 0 Å². The van der Waals surface area contributed by atoms with Gasteiger partial charge < -0.3 is 5.32 Å². The lowest BCUT2D eigenvalue weighted by atomic mass is 10.1. The van der Waals surface area contributed by atoms with Gasteiger partial charge in [0.25, 0.3) is 0 Å². The van der Waals surface area contributed by atoms with Crippen LogP contribution in [0.4, 0.5) is 0 Å². The maximum absolute atomic E-state index is 4.27. The third-order valence-corrected chi connectivity index (χ3v) is 3.86. The van der Waals surface area contributed by atoms with Gasteiger partial charge in [-0.15, -0.1) is 0 Å². The maximum atomic E-state index is 4.27. The number of nitrogens with one attached hydrogen (secondary N) is 1. The van der Waals surface area contributed by atoms with E-state index in [1.807, 2.05) is 17.9 Å². The van der Waals surface area contributed by atoms with E-state index in [-0.39, 0.29) is 0 Å². The number of aromatic nitrogens is 2. The summed E-state index contributed by atoms with van der Waals surface area (Å²) in [6.45, 7) is 5.58. The smallest absolute Gasteiger partial charge is 0.0524 e. The van der Waals surface area contributed by atoms with Crippen molar-refractivity contribution < 1.29 is 0 Å². The average Bonchev–Trinajstić information content (AvgIpc) is 2.79. The first-order valence-electron chi connectivity index (χ1n) is 6.37. The van der Waals surface area contributed by atoms with Crippen molar-refractivity contribution in [3.8, 4) is 0 Å². The van der Waals surface area contributed by atoms with E-state index in [0.29, 0.717) is 0 Å². The fourth-order valence-corrected chi connectivity index (χ4v) is 2.59. The maximum Gasteiger partial charge on any atom is 0.0524 e. The highest BCUT2D eigenvalue weighted by molar-refractivity contribution is 5.16. The van der Waals surface area contributed by atoms with Crippen LogP contribution in [0.2, 0.25) is 0 Å². The Kier molecular flexibility index (Phi) is 3.64. The van der Waals surface area contributed by atoms with Gasteiger partial charge in [0, 0.05) is 18.8 Å². The summed E-state index contributed by atoms with van der Waals surface area (Å²) in [7, 11) is 2.00. The molecule has 0 spiro atoms. The van der Waals surface area contributed by atoms with Gasteiger partial charge in [-0.3, -0.25) is 4.68 Å². The van der Waals surface area contributed by atoms with Crippen molar-refractivity contribution in [3.05, 3.63) is 17.5 Å². The molecule has 2 unspecified atom stereocenters. The van der Waals surface area contributed by atoms with E-state index in [2.05, 4.69) is 24.3 Å². The fourth-order valence-electron chi connectivity index (χ4n) is 2.59. The molecule has 1 fully saturated rings. The van der Waals surface area contributed by atoms with E-state index in [9.17, 15) is 0 Å². The Morgan fingerprint density at radius 2 is 2.31 bits per heavy atom. The lowest BCUT2D eigenvalue weighted by Gasteiger charge is -2.11. The quantitative estimate of drug-likeness (QED) is 0.843. The highest BCUT2D eigenvalue weighted by Gasteiger charge is 2.20. The molecule has 2 atom stereocenters. The van der Waals surface area contributed by atoms with Crippen molar-refractivity contribution in [2.45, 2.75) is 45.6 Å². The third-order valence-electron chi connectivity index (χ3n) is 3.86. The molecule has 1 aromatic heterocycles. The van der Waals surface area contributed by atoms with E-state index in [1.54, 1.807) is 0 Å². The molecule has 0 saturated heterocycles. The lowest BCUT2D eigenvalue weighted by Crippen LogP contribution is -2.28. The van der Waals surface area contributed by atoms with Gasteiger partial charge in [0.15, 0.2) is 0 Å². The number of hydrogen-bond acceptors (Lipinski definition) is 2. The zero-order chi connectivity index (χ0) is 11.5. The summed E-state index contributed by atoms with van der Waals surface area (Å²) < 4.78 is 1.95. The van der Waals surface area contributed by atoms with E-state index >= 15 is 0 Å². The molecule has 16 heavy (non-hydrogen) atoms. The summed E-state index contributed by atoms with van der Waals surface area (Å²) in [6.07, 6.45) is 7.20. The van der Waals surface area contributed by atoms with Gasteiger partial charge in [0.2, 0.25) is 0 Å². The minimum atomic E-state index is 0.756. The van der Waals surface area contributed by atoms with Gasteiger partial charge in [-0.05, 0) is 50.6 Å². The number of hydrogen-bond donors (Lipinski definition) is 1. The molecule has 3 heteroatoms. The molecule has 1 aliphatic carbocycles. The van der Waals surface area contributed by atoms with Crippen molar-refractivity contribution in [2.24, 2.45) is 13.0 Å². The van der Waals surface area contributed by atoms with Crippen LogP contribution in [-0.4, -0.2) is 22.4 Å². The predicted octanol–water partition coefficient (Wildman–Crippen LogP) is 2.05. The molecule has 0 bridgehead atoms. The number of nitrogens with zero attached hydrogens (tertiary/aromatic N) is 2. The van der Waals surface area contributed by atoms with Crippen molar-refractivity contribution in [1.82, 2.24) is 15.1 Å². The van der Waals surface area contributed by atoms with Gasteiger partial charge in [0.1, 0.15) is 0 Å². The highest BCUT2D eigenvalue weighted by atomic mass is 15.3. The molecule has 0 radical (unpaired) electrons. The SMILES string of the molecule is Cc1c(CCNC2CCC(C)C2)cnn1C. The Balaban J connectivity index is 1.74. The van der Waals surface area contributed by atoms with Crippen LogP contribution in [0.1, 0.15) is 37.4 Å². The molecule has 3 nitrogen and oxygen atoms in total. The minimum Gasteiger partial charge on any atom is -0.314 e. The minimum absolute atomic E-state index is 0.756. The molecule has 90 valence electrons. The van der Waals surface area contributed by atoms with Crippen LogP contribution in [0.15, 0.2) is 6.20 Å². The Bertz CT molecular complexity index is 343. The van der Waals surface area contributed by atoms with Crippen LogP contribution in [0.5, 0.6) is 0 Å². The summed E-state index contributed by atoms with van der Waals surface area (Å²) in [6, 6.07) is 0.756. The van der Waals surface area contributed by atoms with Gasteiger partial charge in [-0.2, -0.15) is 5.10 Å². The molecule has 1 heterocycles.